The lowest BCUT2D eigenvalue weighted by molar-refractivity contribution is 0.0783. The van der Waals surface area contributed by atoms with Gasteiger partial charge in [-0.1, -0.05) is 30.3 Å². The fourth-order valence-corrected chi connectivity index (χ4v) is 1.98. The minimum Gasteiger partial charge on any atom is -0.376 e. The lowest BCUT2D eigenvalue weighted by atomic mass is 10.0. The number of hydrogen-bond donors (Lipinski definition) is 1. The first-order valence-electron chi connectivity index (χ1n) is 5.77. The summed E-state index contributed by atoms with van der Waals surface area (Å²) in [6, 6.07) is 10.4. The second kappa shape index (κ2) is 5.89. The molecule has 1 saturated heterocycles. The highest BCUT2D eigenvalue weighted by atomic mass is 16.5. The van der Waals surface area contributed by atoms with Crippen molar-refractivity contribution in [1.82, 2.24) is 5.32 Å². The van der Waals surface area contributed by atoms with Crippen molar-refractivity contribution >= 4 is 0 Å². The first kappa shape index (κ1) is 10.7. The van der Waals surface area contributed by atoms with Gasteiger partial charge in [0.25, 0.3) is 0 Å². The summed E-state index contributed by atoms with van der Waals surface area (Å²) in [5.41, 5.74) is 1.27. The molecule has 0 spiro atoms. The van der Waals surface area contributed by atoms with Gasteiger partial charge >= 0.3 is 0 Å². The van der Waals surface area contributed by atoms with Gasteiger partial charge in [-0.05, 0) is 30.9 Å². The molecule has 0 aliphatic carbocycles. The molecule has 82 valence electrons. The van der Waals surface area contributed by atoms with E-state index in [1.165, 1.54) is 24.9 Å². The molecule has 1 atom stereocenters. The third-order valence-electron chi connectivity index (χ3n) is 2.86. The van der Waals surface area contributed by atoms with Crippen molar-refractivity contribution in [3.63, 3.8) is 0 Å². The highest BCUT2D eigenvalue weighted by Gasteiger charge is 2.12. The maximum atomic E-state index is 5.72. The molecule has 0 aromatic heterocycles. The fourth-order valence-electron chi connectivity index (χ4n) is 1.98. The van der Waals surface area contributed by atoms with Gasteiger partial charge in [0.2, 0.25) is 0 Å². The summed E-state index contributed by atoms with van der Waals surface area (Å²) in [5, 5.41) is 3.40. The van der Waals surface area contributed by atoms with Crippen molar-refractivity contribution in [3.8, 4) is 0 Å². The molecule has 2 nitrogen and oxygen atoms in total. The molecule has 1 heterocycles. The third kappa shape index (κ3) is 3.65. The van der Waals surface area contributed by atoms with Crippen LogP contribution in [0.3, 0.4) is 0 Å². The largest absolute Gasteiger partial charge is 0.376 e. The molecular formula is C13H19NO. The van der Waals surface area contributed by atoms with Crippen LogP contribution in [0.15, 0.2) is 30.3 Å². The van der Waals surface area contributed by atoms with Gasteiger partial charge in [-0.3, -0.25) is 0 Å². The Kier molecular flexibility index (Phi) is 4.18. The molecule has 15 heavy (non-hydrogen) atoms. The molecule has 2 heteroatoms. The Hall–Kier alpha value is -0.860. The normalized spacial score (nSPS) is 21.5. The van der Waals surface area contributed by atoms with Gasteiger partial charge in [-0.15, -0.1) is 0 Å². The molecule has 1 aromatic rings. The SMILES string of the molecule is c1ccc(COCC2CCCNC2)cc1. The van der Waals surface area contributed by atoms with Gasteiger partial charge in [-0.25, -0.2) is 0 Å². The van der Waals surface area contributed by atoms with E-state index in [1.807, 2.05) is 6.07 Å². The molecule has 1 fully saturated rings. The van der Waals surface area contributed by atoms with Gasteiger partial charge in [0.05, 0.1) is 13.2 Å². The van der Waals surface area contributed by atoms with Crippen molar-refractivity contribution in [3.05, 3.63) is 35.9 Å². The lowest BCUT2D eigenvalue weighted by Gasteiger charge is -2.22. The first-order valence-corrected chi connectivity index (χ1v) is 5.77. The predicted octanol–water partition coefficient (Wildman–Crippen LogP) is 2.20. The van der Waals surface area contributed by atoms with Crippen molar-refractivity contribution in [2.75, 3.05) is 19.7 Å². The molecule has 1 aliphatic rings. The van der Waals surface area contributed by atoms with E-state index in [9.17, 15) is 0 Å². The van der Waals surface area contributed by atoms with Crippen LogP contribution in [0.2, 0.25) is 0 Å². The minimum absolute atomic E-state index is 0.711. The van der Waals surface area contributed by atoms with Crippen LogP contribution in [-0.4, -0.2) is 19.7 Å². The summed E-state index contributed by atoms with van der Waals surface area (Å²) in [5.74, 6) is 0.711. The van der Waals surface area contributed by atoms with Crippen LogP contribution in [0.5, 0.6) is 0 Å². The van der Waals surface area contributed by atoms with Crippen molar-refractivity contribution < 1.29 is 4.74 Å². The van der Waals surface area contributed by atoms with Gasteiger partial charge in [0.1, 0.15) is 0 Å². The van der Waals surface area contributed by atoms with Crippen LogP contribution in [-0.2, 0) is 11.3 Å². The number of nitrogens with one attached hydrogen (secondary N) is 1. The van der Waals surface area contributed by atoms with Gasteiger partial charge in [-0.2, -0.15) is 0 Å². The first-order chi connectivity index (χ1) is 7.45. The van der Waals surface area contributed by atoms with Crippen LogP contribution in [0.25, 0.3) is 0 Å². The number of benzene rings is 1. The molecule has 1 N–H and O–H groups in total. The average molecular weight is 205 g/mol. The minimum atomic E-state index is 0.711. The highest BCUT2D eigenvalue weighted by Crippen LogP contribution is 2.11. The van der Waals surface area contributed by atoms with E-state index < -0.39 is 0 Å². The highest BCUT2D eigenvalue weighted by molar-refractivity contribution is 5.13. The van der Waals surface area contributed by atoms with Crippen molar-refractivity contribution in [2.24, 2.45) is 5.92 Å². The number of rotatable bonds is 4. The van der Waals surface area contributed by atoms with Gasteiger partial charge in [0, 0.05) is 6.54 Å². The van der Waals surface area contributed by atoms with Gasteiger partial charge in [0.15, 0.2) is 0 Å². The maximum absolute atomic E-state index is 5.72. The number of ether oxygens (including phenoxy) is 1. The fraction of sp³-hybridized carbons (Fsp3) is 0.538. The zero-order valence-electron chi connectivity index (χ0n) is 9.11. The molecule has 0 amide bonds. The standard InChI is InChI=1S/C13H19NO/c1-2-5-12(6-3-1)10-15-11-13-7-4-8-14-9-13/h1-3,5-6,13-14H,4,7-11H2. The number of piperidine rings is 1. The van der Waals surface area contributed by atoms with E-state index in [4.69, 9.17) is 4.74 Å². The Morgan fingerprint density at radius 1 is 1.27 bits per heavy atom. The summed E-state index contributed by atoms with van der Waals surface area (Å²) in [6.45, 7) is 3.93. The van der Waals surface area contributed by atoms with E-state index in [-0.39, 0.29) is 0 Å². The summed E-state index contributed by atoms with van der Waals surface area (Å²) in [7, 11) is 0. The van der Waals surface area contributed by atoms with Crippen LogP contribution >= 0.6 is 0 Å². The average Bonchev–Trinajstić information content (AvgIpc) is 2.32. The molecule has 1 aromatic carbocycles. The van der Waals surface area contributed by atoms with E-state index in [1.54, 1.807) is 0 Å². The van der Waals surface area contributed by atoms with Crippen LogP contribution in [0, 0.1) is 5.92 Å². The topological polar surface area (TPSA) is 21.3 Å². The molecule has 0 bridgehead atoms. The number of hydrogen-bond acceptors (Lipinski definition) is 2. The maximum Gasteiger partial charge on any atom is 0.0717 e. The summed E-state index contributed by atoms with van der Waals surface area (Å²) >= 11 is 0. The smallest absolute Gasteiger partial charge is 0.0717 e. The molecule has 0 radical (unpaired) electrons. The Labute approximate surface area is 91.6 Å². The molecule has 1 unspecified atom stereocenters. The Bertz CT molecular complexity index is 267. The van der Waals surface area contributed by atoms with E-state index in [0.717, 1.165) is 19.8 Å². The van der Waals surface area contributed by atoms with Crippen molar-refractivity contribution in [2.45, 2.75) is 19.4 Å². The van der Waals surface area contributed by atoms with Gasteiger partial charge < -0.3 is 10.1 Å². The molecule has 1 aliphatic heterocycles. The molecular weight excluding hydrogens is 186 g/mol. The zero-order chi connectivity index (χ0) is 10.3. The van der Waals surface area contributed by atoms with Crippen LogP contribution < -0.4 is 5.32 Å². The zero-order valence-corrected chi connectivity index (χ0v) is 9.11. The Morgan fingerprint density at radius 3 is 2.87 bits per heavy atom. The second-order valence-electron chi connectivity index (χ2n) is 4.21. The summed E-state index contributed by atoms with van der Waals surface area (Å²) < 4.78 is 5.72. The van der Waals surface area contributed by atoms with Crippen LogP contribution in [0.1, 0.15) is 18.4 Å². The van der Waals surface area contributed by atoms with Crippen LogP contribution in [0.4, 0.5) is 0 Å². The van der Waals surface area contributed by atoms with E-state index >= 15 is 0 Å². The molecule has 2 rings (SSSR count). The summed E-state index contributed by atoms with van der Waals surface area (Å²) in [6.07, 6.45) is 2.60. The summed E-state index contributed by atoms with van der Waals surface area (Å²) in [4.78, 5) is 0. The Balaban J connectivity index is 1.66. The second-order valence-corrected chi connectivity index (χ2v) is 4.21. The van der Waals surface area contributed by atoms with Crippen molar-refractivity contribution in [1.29, 1.82) is 0 Å². The third-order valence-corrected chi connectivity index (χ3v) is 2.86. The van der Waals surface area contributed by atoms with E-state index in [2.05, 4.69) is 29.6 Å². The van der Waals surface area contributed by atoms with E-state index in [0.29, 0.717) is 5.92 Å². The quantitative estimate of drug-likeness (QED) is 0.813. The predicted molar refractivity (Wildman–Crippen MR) is 61.7 cm³/mol. The molecule has 0 saturated carbocycles. The Morgan fingerprint density at radius 2 is 2.13 bits per heavy atom. The monoisotopic (exact) mass is 205 g/mol. The lowest BCUT2D eigenvalue weighted by Crippen LogP contribution is -2.32.